The van der Waals surface area contributed by atoms with Crippen molar-refractivity contribution in [3.05, 3.63) is 94.8 Å². The first-order valence-corrected chi connectivity index (χ1v) is 14.2. The molecule has 10 nitrogen and oxygen atoms in total. The van der Waals surface area contributed by atoms with Crippen molar-refractivity contribution in [2.75, 3.05) is 39.3 Å². The summed E-state index contributed by atoms with van der Waals surface area (Å²) in [6.45, 7) is 8.26. The van der Waals surface area contributed by atoms with Gasteiger partial charge in [-0.3, -0.25) is 19.4 Å². The van der Waals surface area contributed by atoms with Gasteiger partial charge < -0.3 is 20.1 Å². The van der Waals surface area contributed by atoms with Gasteiger partial charge in [0.05, 0.1) is 19.1 Å². The highest BCUT2D eigenvalue weighted by atomic mass is 16.4. The summed E-state index contributed by atoms with van der Waals surface area (Å²) in [6.07, 6.45) is 2.22. The Morgan fingerprint density at radius 2 is 1.26 bits per heavy atom. The topological polar surface area (TPSA) is 132 Å². The zero-order chi connectivity index (χ0) is 30.2. The van der Waals surface area contributed by atoms with Crippen LogP contribution in [0.5, 0.6) is 0 Å². The molecule has 3 aromatic rings. The van der Waals surface area contributed by atoms with Gasteiger partial charge in [-0.05, 0) is 43.9 Å². The molecule has 0 radical (unpaired) electrons. The molecule has 2 aromatic carbocycles. The third-order valence-electron chi connectivity index (χ3n) is 7.60. The number of aryl methyl sites for hydroxylation is 1. The monoisotopic (exact) mass is 574 g/mol. The van der Waals surface area contributed by atoms with Gasteiger partial charge in [0, 0.05) is 49.2 Å². The number of amides is 1. The molecule has 2 aliphatic rings. The lowest BCUT2D eigenvalue weighted by atomic mass is 9.98. The van der Waals surface area contributed by atoms with Crippen molar-refractivity contribution in [1.29, 1.82) is 0 Å². The number of piperazine rings is 1. The number of hydrogen-bond donors (Lipinski definition) is 3. The van der Waals surface area contributed by atoms with Gasteiger partial charge in [0.15, 0.2) is 5.78 Å². The molecule has 1 aliphatic heterocycles. The van der Waals surface area contributed by atoms with Crippen LogP contribution in [0, 0.1) is 13.8 Å². The van der Waals surface area contributed by atoms with Crippen LogP contribution in [0.3, 0.4) is 0 Å². The van der Waals surface area contributed by atoms with Gasteiger partial charge in [-0.15, -0.1) is 0 Å². The Kier molecular flexibility index (Phi) is 10.3. The number of rotatable bonds is 9. The summed E-state index contributed by atoms with van der Waals surface area (Å²) in [7, 11) is 0. The van der Waals surface area contributed by atoms with E-state index in [-0.39, 0.29) is 17.7 Å². The minimum absolute atomic E-state index is 0.0132. The second-order valence-corrected chi connectivity index (χ2v) is 10.8. The Bertz CT molecular complexity index is 1340. The number of aromatic nitrogens is 1. The lowest BCUT2D eigenvalue weighted by molar-refractivity contribution is -0.159. The number of benzene rings is 2. The molecule has 2 heterocycles. The predicted octanol–water partition coefficient (Wildman–Crippen LogP) is 2.98. The Morgan fingerprint density at radius 3 is 1.71 bits per heavy atom. The average molecular weight is 575 g/mol. The van der Waals surface area contributed by atoms with Gasteiger partial charge >= 0.3 is 11.9 Å². The maximum Gasteiger partial charge on any atom is 0.414 e. The lowest BCUT2D eigenvalue weighted by Gasteiger charge is -2.33. The van der Waals surface area contributed by atoms with Gasteiger partial charge in [-0.25, -0.2) is 9.59 Å². The fourth-order valence-corrected chi connectivity index (χ4v) is 5.32. The first-order valence-electron chi connectivity index (χ1n) is 14.2. The van der Waals surface area contributed by atoms with Crippen LogP contribution in [-0.4, -0.2) is 93.5 Å². The van der Waals surface area contributed by atoms with E-state index in [9.17, 15) is 9.59 Å². The molecule has 5 rings (SSSR count). The fourth-order valence-electron chi connectivity index (χ4n) is 5.32. The molecule has 0 bridgehead atoms. The predicted molar refractivity (Wildman–Crippen MR) is 158 cm³/mol. The first-order chi connectivity index (χ1) is 20.1. The molecule has 1 saturated heterocycles. The molecule has 2 fully saturated rings. The van der Waals surface area contributed by atoms with E-state index < -0.39 is 11.9 Å². The molecular formula is C32H38N4O6. The maximum absolute atomic E-state index is 13.4. The van der Waals surface area contributed by atoms with E-state index in [0.29, 0.717) is 19.1 Å². The zero-order valence-corrected chi connectivity index (χ0v) is 24.0. The number of nitrogens with one attached hydrogen (secondary N) is 1. The summed E-state index contributed by atoms with van der Waals surface area (Å²) in [6, 6.07) is 23.4. The number of carbonyl (C=O) groups is 4. The number of carboxylic acids is 2. The number of hydrogen-bond acceptors (Lipinski definition) is 6. The number of Topliss-reactive ketones (excluding diaryl/α,β-unsaturated/α-hetero) is 1. The number of aliphatic carboxylic acids is 2. The summed E-state index contributed by atoms with van der Waals surface area (Å²) >= 11 is 0. The molecule has 0 atom stereocenters. The second kappa shape index (κ2) is 14.1. The SMILES string of the molecule is Cc1cc(C(=O)CN2CCN(CC(=O)NC3CC3)CC2)c(C)n1C(c1ccccc1)c1ccccc1.O=C(O)C(=O)O. The lowest BCUT2D eigenvalue weighted by Crippen LogP contribution is -2.50. The van der Waals surface area contributed by atoms with Crippen LogP contribution in [0.15, 0.2) is 66.7 Å². The normalized spacial score (nSPS) is 15.5. The van der Waals surface area contributed by atoms with Crippen molar-refractivity contribution in [3.63, 3.8) is 0 Å². The Labute approximate surface area is 245 Å². The number of carbonyl (C=O) groups excluding carboxylic acids is 2. The van der Waals surface area contributed by atoms with E-state index in [4.69, 9.17) is 19.8 Å². The molecule has 1 saturated carbocycles. The van der Waals surface area contributed by atoms with Crippen molar-refractivity contribution in [2.45, 2.75) is 38.8 Å². The van der Waals surface area contributed by atoms with Crippen molar-refractivity contribution in [1.82, 2.24) is 19.7 Å². The van der Waals surface area contributed by atoms with E-state index in [2.05, 4.69) is 88.1 Å². The highest BCUT2D eigenvalue weighted by molar-refractivity contribution is 6.27. The van der Waals surface area contributed by atoms with Crippen molar-refractivity contribution < 1.29 is 29.4 Å². The molecular weight excluding hydrogens is 536 g/mol. The Hall–Kier alpha value is -4.28. The van der Waals surface area contributed by atoms with Crippen molar-refractivity contribution >= 4 is 23.6 Å². The molecule has 0 spiro atoms. The van der Waals surface area contributed by atoms with Gasteiger partial charge in [0.2, 0.25) is 5.91 Å². The van der Waals surface area contributed by atoms with Crippen LogP contribution < -0.4 is 5.32 Å². The number of nitrogens with zero attached hydrogens (tertiary/aromatic N) is 3. The Morgan fingerprint density at radius 1 is 0.786 bits per heavy atom. The number of carboxylic acid groups (broad SMARTS) is 2. The smallest absolute Gasteiger partial charge is 0.414 e. The summed E-state index contributed by atoms with van der Waals surface area (Å²) in [5.74, 6) is -3.36. The number of ketones is 1. The molecule has 1 aromatic heterocycles. The largest absolute Gasteiger partial charge is 0.473 e. The third-order valence-corrected chi connectivity index (χ3v) is 7.60. The summed E-state index contributed by atoms with van der Waals surface area (Å²) in [5.41, 5.74) is 5.29. The standard InChI is InChI=1S/C30H36N4O2.C2H2O4/c1-22-19-27(28(35)20-32-15-17-33(18-16-32)21-29(36)31-26-13-14-26)23(2)34(22)30(24-9-5-3-6-10-24)25-11-7-4-8-12-25;3-1(4)2(5)6/h3-12,19,26,30H,13-18,20-21H2,1-2H3,(H,31,36);(H,3,4)(H,5,6). The molecule has 1 aliphatic carbocycles. The van der Waals surface area contributed by atoms with Crippen LogP contribution in [0.1, 0.15) is 51.8 Å². The fraction of sp³-hybridized carbons (Fsp3) is 0.375. The quantitative estimate of drug-likeness (QED) is 0.263. The van der Waals surface area contributed by atoms with Crippen LogP contribution in [-0.2, 0) is 14.4 Å². The summed E-state index contributed by atoms with van der Waals surface area (Å²) in [4.78, 5) is 48.2. The van der Waals surface area contributed by atoms with Gasteiger partial charge in [0.1, 0.15) is 0 Å². The van der Waals surface area contributed by atoms with Gasteiger partial charge in [0.25, 0.3) is 0 Å². The molecule has 10 heteroatoms. The second-order valence-electron chi connectivity index (χ2n) is 10.8. The minimum atomic E-state index is -1.82. The van der Waals surface area contributed by atoms with E-state index in [1.165, 1.54) is 11.1 Å². The maximum atomic E-state index is 13.4. The molecule has 222 valence electrons. The molecule has 3 N–H and O–H groups in total. The molecule has 42 heavy (non-hydrogen) atoms. The van der Waals surface area contributed by atoms with Gasteiger partial charge in [-0.1, -0.05) is 60.7 Å². The highest BCUT2D eigenvalue weighted by Gasteiger charge is 2.27. The third kappa shape index (κ3) is 8.14. The van der Waals surface area contributed by atoms with Crippen LogP contribution in [0.4, 0.5) is 0 Å². The van der Waals surface area contributed by atoms with E-state index in [0.717, 1.165) is 56.0 Å². The van der Waals surface area contributed by atoms with E-state index in [1.807, 2.05) is 12.1 Å². The summed E-state index contributed by atoms with van der Waals surface area (Å²) in [5, 5.41) is 17.8. The minimum Gasteiger partial charge on any atom is -0.473 e. The van der Waals surface area contributed by atoms with Crippen LogP contribution >= 0.6 is 0 Å². The van der Waals surface area contributed by atoms with E-state index in [1.54, 1.807) is 0 Å². The van der Waals surface area contributed by atoms with Gasteiger partial charge in [-0.2, -0.15) is 0 Å². The highest BCUT2D eigenvalue weighted by Crippen LogP contribution is 2.31. The van der Waals surface area contributed by atoms with Crippen LogP contribution in [0.2, 0.25) is 0 Å². The molecule has 1 amide bonds. The van der Waals surface area contributed by atoms with Crippen molar-refractivity contribution in [2.24, 2.45) is 0 Å². The average Bonchev–Trinajstić information content (AvgIpc) is 3.74. The first kappa shape index (κ1) is 30.7. The van der Waals surface area contributed by atoms with Crippen LogP contribution in [0.25, 0.3) is 0 Å². The van der Waals surface area contributed by atoms with Crippen molar-refractivity contribution in [3.8, 4) is 0 Å². The molecule has 0 unspecified atom stereocenters. The summed E-state index contributed by atoms with van der Waals surface area (Å²) < 4.78 is 2.30. The Balaban J connectivity index is 0.000000612. The van der Waals surface area contributed by atoms with E-state index >= 15 is 0 Å². The zero-order valence-electron chi connectivity index (χ0n) is 24.0.